The van der Waals surface area contributed by atoms with E-state index in [1.54, 1.807) is 0 Å². The van der Waals surface area contributed by atoms with Gasteiger partial charge in [0.1, 0.15) is 0 Å². The van der Waals surface area contributed by atoms with Gasteiger partial charge in [0, 0.05) is 6.54 Å². The summed E-state index contributed by atoms with van der Waals surface area (Å²) in [6.45, 7) is 0.503. The van der Waals surface area contributed by atoms with E-state index in [-0.39, 0.29) is 12.5 Å². The fraction of sp³-hybridized carbons (Fsp3) is 0.667. The quantitative estimate of drug-likeness (QED) is 0.403. The Morgan fingerprint density at radius 2 is 2.45 bits per heavy atom. The summed E-state index contributed by atoms with van der Waals surface area (Å²) in [6.07, 6.45) is 0.332. The minimum atomic E-state index is -0.179. The molecule has 0 heterocycles. The third-order valence-electron chi connectivity index (χ3n) is 0.936. The molecule has 0 aromatic rings. The van der Waals surface area contributed by atoms with Gasteiger partial charge in [-0.3, -0.25) is 4.79 Å². The Bertz CT molecular complexity index is 152. The molecule has 0 aromatic carbocycles. The second-order valence-corrected chi connectivity index (χ2v) is 1.78. The van der Waals surface area contributed by atoms with Gasteiger partial charge in [-0.25, -0.2) is 0 Å². The largest absolute Gasteiger partial charge is 0.354 e. The van der Waals surface area contributed by atoms with Crippen molar-refractivity contribution >= 4 is 5.91 Å². The van der Waals surface area contributed by atoms with E-state index in [1.165, 1.54) is 7.11 Å². The van der Waals surface area contributed by atoms with Crippen molar-refractivity contribution in [3.8, 4) is 6.07 Å². The van der Waals surface area contributed by atoms with Crippen molar-refractivity contribution in [3.63, 3.8) is 0 Å². The van der Waals surface area contributed by atoms with Gasteiger partial charge < -0.3 is 10.2 Å². The molecule has 0 rings (SSSR count). The maximum atomic E-state index is 10.7. The average molecular weight is 157 g/mol. The van der Waals surface area contributed by atoms with Gasteiger partial charge in [-0.2, -0.15) is 10.7 Å². The lowest BCUT2D eigenvalue weighted by atomic mass is 10.4. The number of rotatable bonds is 5. The van der Waals surface area contributed by atoms with E-state index in [0.717, 1.165) is 0 Å². The molecule has 0 aliphatic heterocycles. The third kappa shape index (κ3) is 6.77. The second kappa shape index (κ2) is 6.99. The van der Waals surface area contributed by atoms with Crippen molar-refractivity contribution in [1.29, 1.82) is 5.26 Å². The molecule has 5 nitrogen and oxygen atoms in total. The highest BCUT2D eigenvalue weighted by molar-refractivity contribution is 5.77. The number of hydrogen-bond acceptors (Lipinski definition) is 4. The highest BCUT2D eigenvalue weighted by Gasteiger charge is 1.96. The van der Waals surface area contributed by atoms with Gasteiger partial charge in [0.05, 0.1) is 26.1 Å². The minimum absolute atomic E-state index is 0.113. The number of hydrogen-bond donors (Lipinski definition) is 2. The maximum Gasteiger partial charge on any atom is 0.236 e. The Kier molecular flexibility index (Phi) is 6.28. The van der Waals surface area contributed by atoms with Crippen LogP contribution in [0.4, 0.5) is 0 Å². The van der Waals surface area contributed by atoms with E-state index in [0.29, 0.717) is 13.0 Å². The minimum Gasteiger partial charge on any atom is -0.354 e. The van der Waals surface area contributed by atoms with Crippen LogP contribution in [0.25, 0.3) is 0 Å². The monoisotopic (exact) mass is 157 g/mol. The van der Waals surface area contributed by atoms with Crippen LogP contribution in [0.5, 0.6) is 0 Å². The molecular formula is C6H11N3O2. The zero-order valence-electron chi connectivity index (χ0n) is 6.39. The molecule has 11 heavy (non-hydrogen) atoms. The summed E-state index contributed by atoms with van der Waals surface area (Å²) in [6, 6.07) is 1.91. The zero-order valence-corrected chi connectivity index (χ0v) is 6.39. The molecule has 5 heteroatoms. The average Bonchev–Trinajstić information content (AvgIpc) is 2.01. The lowest BCUT2D eigenvalue weighted by Crippen LogP contribution is -2.33. The molecule has 0 unspecified atom stereocenters. The lowest BCUT2D eigenvalue weighted by Gasteiger charge is -2.01. The molecule has 0 spiro atoms. The molecule has 0 saturated heterocycles. The van der Waals surface area contributed by atoms with Crippen molar-refractivity contribution in [1.82, 2.24) is 10.8 Å². The van der Waals surface area contributed by atoms with Crippen LogP contribution in [0.2, 0.25) is 0 Å². The van der Waals surface area contributed by atoms with Crippen LogP contribution >= 0.6 is 0 Å². The molecule has 0 aliphatic carbocycles. The van der Waals surface area contributed by atoms with Crippen molar-refractivity contribution < 1.29 is 9.63 Å². The Morgan fingerprint density at radius 1 is 1.73 bits per heavy atom. The summed E-state index contributed by atoms with van der Waals surface area (Å²) >= 11 is 0. The molecular weight excluding hydrogens is 146 g/mol. The third-order valence-corrected chi connectivity index (χ3v) is 0.936. The predicted molar refractivity (Wildman–Crippen MR) is 38.3 cm³/mol. The number of nitriles is 1. The highest BCUT2D eigenvalue weighted by Crippen LogP contribution is 1.70. The molecule has 0 fully saturated rings. The van der Waals surface area contributed by atoms with Crippen LogP contribution in [0.3, 0.4) is 0 Å². The molecule has 0 aliphatic rings. The summed E-state index contributed by atoms with van der Waals surface area (Å²) in [7, 11) is 1.43. The Labute approximate surface area is 65.3 Å². The molecule has 0 radical (unpaired) electrons. The van der Waals surface area contributed by atoms with Crippen molar-refractivity contribution in [2.75, 3.05) is 20.2 Å². The van der Waals surface area contributed by atoms with E-state index < -0.39 is 0 Å². The van der Waals surface area contributed by atoms with Gasteiger partial charge in [-0.15, -0.1) is 0 Å². The van der Waals surface area contributed by atoms with Crippen molar-refractivity contribution in [2.45, 2.75) is 6.42 Å². The summed E-state index contributed by atoms with van der Waals surface area (Å²) < 4.78 is 0. The summed E-state index contributed by atoms with van der Waals surface area (Å²) in [4.78, 5) is 15.2. The van der Waals surface area contributed by atoms with Gasteiger partial charge in [0.25, 0.3) is 0 Å². The number of carbonyl (C=O) groups is 1. The van der Waals surface area contributed by atoms with Gasteiger partial charge in [-0.1, -0.05) is 0 Å². The standard InChI is InChI=1S/C6H11N3O2/c1-11-9-5-6(10)8-4-2-3-7/h9H,2,4-5H2,1H3,(H,8,10). The molecule has 2 N–H and O–H groups in total. The van der Waals surface area contributed by atoms with Crippen molar-refractivity contribution in [2.24, 2.45) is 0 Å². The first-order chi connectivity index (χ1) is 5.31. The van der Waals surface area contributed by atoms with Gasteiger partial charge in [-0.05, 0) is 0 Å². The first-order valence-electron chi connectivity index (χ1n) is 3.20. The first-order valence-corrected chi connectivity index (χ1v) is 3.20. The number of hydroxylamine groups is 1. The molecule has 0 atom stereocenters. The van der Waals surface area contributed by atoms with Crippen LogP contribution in [0, 0.1) is 11.3 Å². The van der Waals surface area contributed by atoms with Crippen LogP contribution in [-0.2, 0) is 9.63 Å². The highest BCUT2D eigenvalue weighted by atomic mass is 16.6. The van der Waals surface area contributed by atoms with Crippen LogP contribution < -0.4 is 10.8 Å². The van der Waals surface area contributed by atoms with E-state index in [1.807, 2.05) is 6.07 Å². The number of amides is 1. The van der Waals surface area contributed by atoms with E-state index in [2.05, 4.69) is 15.6 Å². The molecule has 0 saturated carbocycles. The summed E-state index contributed by atoms with van der Waals surface area (Å²) in [5.74, 6) is -0.179. The Morgan fingerprint density at radius 3 is 3.00 bits per heavy atom. The second-order valence-electron chi connectivity index (χ2n) is 1.78. The summed E-state index contributed by atoms with van der Waals surface area (Å²) in [5, 5.41) is 10.6. The van der Waals surface area contributed by atoms with Gasteiger partial charge >= 0.3 is 0 Å². The van der Waals surface area contributed by atoms with Crippen LogP contribution in [0.15, 0.2) is 0 Å². The first kappa shape index (κ1) is 9.88. The topological polar surface area (TPSA) is 74.2 Å². The lowest BCUT2D eigenvalue weighted by molar-refractivity contribution is -0.122. The van der Waals surface area contributed by atoms with E-state index in [4.69, 9.17) is 5.26 Å². The Balaban J connectivity index is 3.17. The molecule has 62 valence electrons. The number of carbonyl (C=O) groups excluding carboxylic acids is 1. The summed E-state index contributed by atoms with van der Waals surface area (Å²) in [5.41, 5.74) is 2.38. The van der Waals surface area contributed by atoms with Crippen LogP contribution in [-0.4, -0.2) is 26.1 Å². The normalized spacial score (nSPS) is 8.73. The molecule has 0 aromatic heterocycles. The number of nitrogens with zero attached hydrogens (tertiary/aromatic N) is 1. The number of nitrogens with one attached hydrogen (secondary N) is 2. The SMILES string of the molecule is CONCC(=O)NCCC#N. The fourth-order valence-electron chi connectivity index (χ4n) is 0.458. The van der Waals surface area contributed by atoms with Gasteiger partial charge in [0.2, 0.25) is 5.91 Å². The fourth-order valence-corrected chi connectivity index (χ4v) is 0.458. The van der Waals surface area contributed by atoms with Crippen LogP contribution in [0.1, 0.15) is 6.42 Å². The van der Waals surface area contributed by atoms with E-state index in [9.17, 15) is 4.79 Å². The van der Waals surface area contributed by atoms with Crippen molar-refractivity contribution in [3.05, 3.63) is 0 Å². The van der Waals surface area contributed by atoms with E-state index >= 15 is 0 Å². The maximum absolute atomic E-state index is 10.7. The smallest absolute Gasteiger partial charge is 0.236 e. The molecule has 0 bridgehead atoms. The predicted octanol–water partition coefficient (Wildman–Crippen LogP) is -0.833. The molecule has 1 amide bonds. The Hall–Kier alpha value is -1.12. The van der Waals surface area contributed by atoms with Gasteiger partial charge in [0.15, 0.2) is 0 Å². The zero-order chi connectivity index (χ0) is 8.53.